The Kier molecular flexibility index (Phi) is 4.81. The predicted molar refractivity (Wildman–Crippen MR) is 59.8 cm³/mol. The molecule has 2 nitrogen and oxygen atoms in total. The molecule has 1 aromatic rings. The van der Waals surface area contributed by atoms with Crippen LogP contribution in [0, 0.1) is 0 Å². The molecule has 2 N–H and O–H groups in total. The fraction of sp³-hybridized carbons (Fsp3) is 0.500. The zero-order valence-corrected chi connectivity index (χ0v) is 9.63. The summed E-state index contributed by atoms with van der Waals surface area (Å²) in [6.45, 7) is 2.25. The molecule has 0 fully saturated rings. The van der Waals surface area contributed by atoms with Gasteiger partial charge in [0.2, 0.25) is 0 Å². The molecule has 0 bridgehead atoms. The van der Waals surface area contributed by atoms with Crippen LogP contribution in [0.1, 0.15) is 25.3 Å². The summed E-state index contributed by atoms with van der Waals surface area (Å²) in [6.07, 6.45) is -3.49. The number of benzene rings is 1. The van der Waals surface area contributed by atoms with Gasteiger partial charge in [0.1, 0.15) is 5.75 Å². The van der Waals surface area contributed by atoms with Crippen LogP contribution in [-0.2, 0) is 6.18 Å². The number of hydrogen-bond donors (Lipinski definition) is 1. The highest BCUT2D eigenvalue weighted by Crippen LogP contribution is 2.36. The molecule has 0 heterocycles. The second-order valence-corrected chi connectivity index (χ2v) is 3.72. The smallest absolute Gasteiger partial charge is 0.419 e. The Hall–Kier alpha value is -1.23. The molecule has 0 radical (unpaired) electrons. The quantitative estimate of drug-likeness (QED) is 0.867. The van der Waals surface area contributed by atoms with Crippen molar-refractivity contribution in [1.29, 1.82) is 0 Å². The van der Waals surface area contributed by atoms with Crippen molar-refractivity contribution in [3.05, 3.63) is 29.8 Å². The van der Waals surface area contributed by atoms with E-state index in [9.17, 15) is 13.2 Å². The Balaban J connectivity index is 2.90. The van der Waals surface area contributed by atoms with Crippen LogP contribution >= 0.6 is 0 Å². The van der Waals surface area contributed by atoms with Crippen LogP contribution in [0.25, 0.3) is 0 Å². The van der Waals surface area contributed by atoms with E-state index < -0.39 is 11.7 Å². The number of hydrogen-bond acceptors (Lipinski definition) is 2. The first-order valence-electron chi connectivity index (χ1n) is 5.52. The first-order valence-corrected chi connectivity index (χ1v) is 5.52. The topological polar surface area (TPSA) is 35.2 Å². The average molecular weight is 247 g/mol. The summed E-state index contributed by atoms with van der Waals surface area (Å²) >= 11 is 0. The molecule has 0 saturated heterocycles. The van der Waals surface area contributed by atoms with Crippen LogP contribution < -0.4 is 10.5 Å². The van der Waals surface area contributed by atoms with Crippen LogP contribution in [0.15, 0.2) is 24.3 Å². The van der Waals surface area contributed by atoms with E-state index in [1.54, 1.807) is 0 Å². The van der Waals surface area contributed by atoms with Gasteiger partial charge in [-0.3, -0.25) is 0 Å². The molecule has 1 rings (SSSR count). The van der Waals surface area contributed by atoms with E-state index in [1.165, 1.54) is 18.2 Å². The minimum atomic E-state index is -4.39. The number of halogens is 3. The summed E-state index contributed by atoms with van der Waals surface area (Å²) in [5.74, 6) is -0.125. The molecule has 1 unspecified atom stereocenters. The average Bonchev–Trinajstić information content (AvgIpc) is 2.27. The number of para-hydroxylation sites is 1. The molecule has 0 aliphatic rings. The van der Waals surface area contributed by atoms with Crippen molar-refractivity contribution in [3.63, 3.8) is 0 Å². The molecule has 0 aliphatic heterocycles. The zero-order chi connectivity index (χ0) is 12.9. The standard InChI is InChI=1S/C12H16F3NO/c1-2-9(7-8-16)17-11-6-4-3-5-10(11)12(13,14)15/h3-6,9H,2,7-8,16H2,1H3. The minimum absolute atomic E-state index is 0.125. The van der Waals surface area contributed by atoms with Crippen LogP contribution in [0.4, 0.5) is 13.2 Å². The summed E-state index contributed by atoms with van der Waals surface area (Å²) < 4.78 is 43.4. The number of nitrogens with two attached hydrogens (primary N) is 1. The number of alkyl halides is 3. The summed E-state index contributed by atoms with van der Waals surface area (Å²) in [4.78, 5) is 0. The van der Waals surface area contributed by atoms with E-state index in [4.69, 9.17) is 10.5 Å². The molecule has 1 aromatic carbocycles. The van der Waals surface area contributed by atoms with E-state index in [1.807, 2.05) is 6.92 Å². The van der Waals surface area contributed by atoms with Gasteiger partial charge >= 0.3 is 6.18 Å². The molecular weight excluding hydrogens is 231 g/mol. The van der Waals surface area contributed by atoms with Crippen molar-refractivity contribution >= 4 is 0 Å². The molecular formula is C12H16F3NO. The molecule has 0 amide bonds. The summed E-state index contributed by atoms with van der Waals surface area (Å²) in [6, 6.07) is 5.23. The Morgan fingerprint density at radius 3 is 2.47 bits per heavy atom. The second-order valence-electron chi connectivity index (χ2n) is 3.72. The van der Waals surface area contributed by atoms with Gasteiger partial charge in [-0.2, -0.15) is 13.2 Å². The van der Waals surface area contributed by atoms with Crippen molar-refractivity contribution in [3.8, 4) is 5.75 Å². The lowest BCUT2D eigenvalue weighted by molar-refractivity contribution is -0.139. The molecule has 1 atom stereocenters. The predicted octanol–water partition coefficient (Wildman–Crippen LogP) is 3.21. The van der Waals surface area contributed by atoms with Crippen LogP contribution in [-0.4, -0.2) is 12.6 Å². The van der Waals surface area contributed by atoms with Gasteiger partial charge in [0.15, 0.2) is 0 Å². The largest absolute Gasteiger partial charge is 0.490 e. The van der Waals surface area contributed by atoms with E-state index >= 15 is 0 Å². The summed E-state index contributed by atoms with van der Waals surface area (Å²) in [5.41, 5.74) is 4.64. The van der Waals surface area contributed by atoms with Crippen molar-refractivity contribution in [2.45, 2.75) is 32.0 Å². The van der Waals surface area contributed by atoms with E-state index in [0.29, 0.717) is 19.4 Å². The van der Waals surface area contributed by atoms with Gasteiger partial charge in [-0.05, 0) is 31.5 Å². The summed E-state index contributed by atoms with van der Waals surface area (Å²) in [7, 11) is 0. The lowest BCUT2D eigenvalue weighted by atomic mass is 10.1. The van der Waals surface area contributed by atoms with E-state index in [2.05, 4.69) is 0 Å². The SMILES string of the molecule is CCC(CCN)Oc1ccccc1C(F)(F)F. The Labute approximate surface area is 98.6 Å². The minimum Gasteiger partial charge on any atom is -0.490 e. The van der Waals surface area contributed by atoms with Gasteiger partial charge < -0.3 is 10.5 Å². The Bertz CT molecular complexity index is 352. The maximum Gasteiger partial charge on any atom is 0.419 e. The lowest BCUT2D eigenvalue weighted by Crippen LogP contribution is -2.21. The second kappa shape index (κ2) is 5.91. The maximum atomic E-state index is 12.7. The number of ether oxygens (including phenoxy) is 1. The van der Waals surface area contributed by atoms with Crippen molar-refractivity contribution in [2.24, 2.45) is 5.73 Å². The monoisotopic (exact) mass is 247 g/mol. The molecule has 17 heavy (non-hydrogen) atoms. The molecule has 0 aromatic heterocycles. The summed E-state index contributed by atoms with van der Waals surface area (Å²) in [5, 5.41) is 0. The molecule has 5 heteroatoms. The van der Waals surface area contributed by atoms with Gasteiger partial charge in [0.05, 0.1) is 11.7 Å². The Morgan fingerprint density at radius 2 is 1.94 bits per heavy atom. The first kappa shape index (κ1) is 13.8. The Morgan fingerprint density at radius 1 is 1.29 bits per heavy atom. The van der Waals surface area contributed by atoms with Crippen molar-refractivity contribution in [1.82, 2.24) is 0 Å². The van der Waals surface area contributed by atoms with Crippen LogP contribution in [0.2, 0.25) is 0 Å². The van der Waals surface area contributed by atoms with Gasteiger partial charge in [-0.25, -0.2) is 0 Å². The van der Waals surface area contributed by atoms with Crippen LogP contribution in [0.3, 0.4) is 0 Å². The molecule has 0 aliphatic carbocycles. The molecule has 0 saturated carbocycles. The maximum absolute atomic E-state index is 12.7. The third-order valence-electron chi connectivity index (χ3n) is 2.43. The van der Waals surface area contributed by atoms with Gasteiger partial charge in [-0.1, -0.05) is 19.1 Å². The molecule has 96 valence electrons. The molecule has 0 spiro atoms. The van der Waals surface area contributed by atoms with Gasteiger partial charge in [0, 0.05) is 0 Å². The fourth-order valence-corrected chi connectivity index (χ4v) is 1.52. The highest BCUT2D eigenvalue weighted by atomic mass is 19.4. The zero-order valence-electron chi connectivity index (χ0n) is 9.63. The highest BCUT2D eigenvalue weighted by Gasteiger charge is 2.34. The number of rotatable bonds is 5. The normalized spacial score (nSPS) is 13.5. The lowest BCUT2D eigenvalue weighted by Gasteiger charge is -2.20. The van der Waals surface area contributed by atoms with Crippen LogP contribution in [0.5, 0.6) is 5.75 Å². The first-order chi connectivity index (χ1) is 7.99. The van der Waals surface area contributed by atoms with E-state index in [-0.39, 0.29) is 11.9 Å². The fourth-order valence-electron chi connectivity index (χ4n) is 1.52. The van der Waals surface area contributed by atoms with Gasteiger partial charge in [0.25, 0.3) is 0 Å². The van der Waals surface area contributed by atoms with Gasteiger partial charge in [-0.15, -0.1) is 0 Å². The van der Waals surface area contributed by atoms with E-state index in [0.717, 1.165) is 6.07 Å². The van der Waals surface area contributed by atoms with Crippen molar-refractivity contribution < 1.29 is 17.9 Å². The third-order valence-corrected chi connectivity index (χ3v) is 2.43. The van der Waals surface area contributed by atoms with Crippen molar-refractivity contribution in [2.75, 3.05) is 6.54 Å². The third kappa shape index (κ3) is 3.93. The highest BCUT2D eigenvalue weighted by molar-refractivity contribution is 5.35.